The number of carboxylic acids is 1. The van der Waals surface area contributed by atoms with Gasteiger partial charge in [-0.3, -0.25) is 4.79 Å². The zero-order valence-corrected chi connectivity index (χ0v) is 13.8. The van der Waals surface area contributed by atoms with Crippen molar-refractivity contribution in [2.45, 2.75) is 60.5 Å². The van der Waals surface area contributed by atoms with Crippen LogP contribution in [0.25, 0.3) is 0 Å². The summed E-state index contributed by atoms with van der Waals surface area (Å²) in [5, 5.41) is 12.9. The number of hydrogen-bond acceptors (Lipinski definition) is 5. The minimum Gasteiger partial charge on any atom is -0.481 e. The van der Waals surface area contributed by atoms with E-state index in [4.69, 9.17) is 14.4 Å². The molecule has 1 heterocycles. The molecule has 0 aliphatic rings. The number of carboxylic acid groups (broad SMARTS) is 1. The van der Waals surface area contributed by atoms with Crippen molar-refractivity contribution in [3.8, 4) is 0 Å². The van der Waals surface area contributed by atoms with Crippen LogP contribution in [0.2, 0.25) is 0 Å². The lowest BCUT2D eigenvalue weighted by molar-refractivity contribution is -0.139. The topological polar surface area (TPSA) is 85.5 Å². The van der Waals surface area contributed by atoms with Gasteiger partial charge in [-0.25, -0.2) is 0 Å². The second kappa shape index (κ2) is 6.56. The normalized spacial score (nSPS) is 14.2. The van der Waals surface area contributed by atoms with E-state index in [2.05, 4.69) is 30.9 Å². The fourth-order valence-corrected chi connectivity index (χ4v) is 2.21. The van der Waals surface area contributed by atoms with Gasteiger partial charge in [0.25, 0.3) is 0 Å². The molecule has 1 rings (SSSR count). The summed E-state index contributed by atoms with van der Waals surface area (Å²) in [6, 6.07) is 0. The van der Waals surface area contributed by atoms with Gasteiger partial charge in [-0.05, 0) is 17.8 Å². The lowest BCUT2D eigenvalue weighted by atomic mass is 9.85. The number of nitrogens with zero attached hydrogens (tertiary/aromatic N) is 2. The second-order valence-electron chi connectivity index (χ2n) is 7.16. The number of rotatable bonds is 7. The third kappa shape index (κ3) is 5.46. The maximum atomic E-state index is 10.8. The number of aromatic nitrogens is 2. The fraction of sp³-hybridized carbons (Fsp3) is 0.800. The van der Waals surface area contributed by atoms with Gasteiger partial charge in [-0.1, -0.05) is 39.8 Å². The molecule has 1 unspecified atom stereocenters. The van der Waals surface area contributed by atoms with Crippen molar-refractivity contribution in [2.75, 3.05) is 6.61 Å². The molecule has 6 nitrogen and oxygen atoms in total. The molecular formula is C15H26N2O4. The summed E-state index contributed by atoms with van der Waals surface area (Å²) in [6.07, 6.45) is 0.233. The van der Waals surface area contributed by atoms with Crippen LogP contribution in [0.15, 0.2) is 4.52 Å². The van der Waals surface area contributed by atoms with Gasteiger partial charge in [0.1, 0.15) is 6.10 Å². The van der Waals surface area contributed by atoms with Gasteiger partial charge in [0.15, 0.2) is 0 Å². The number of ether oxygens (including phenoxy) is 1. The molecule has 0 saturated carbocycles. The van der Waals surface area contributed by atoms with Crippen LogP contribution in [-0.2, 0) is 16.0 Å². The third-order valence-electron chi connectivity index (χ3n) is 3.10. The standard InChI is InChI=1S/C15H26N2O4/c1-7-20-12(14(2,3)4)13-16-10(21-17-13)8-15(5,6)9-11(18)19/h12H,7-9H2,1-6H3,(H,18,19). The average molecular weight is 298 g/mol. The zero-order chi connectivity index (χ0) is 16.3. The Morgan fingerprint density at radius 3 is 2.43 bits per heavy atom. The van der Waals surface area contributed by atoms with Crippen molar-refractivity contribution >= 4 is 5.97 Å². The SMILES string of the molecule is CCOC(c1noc(CC(C)(C)CC(=O)O)n1)C(C)(C)C. The smallest absolute Gasteiger partial charge is 0.303 e. The summed E-state index contributed by atoms with van der Waals surface area (Å²) in [4.78, 5) is 15.2. The molecule has 1 aromatic rings. The molecule has 0 saturated heterocycles. The number of carbonyl (C=O) groups is 1. The van der Waals surface area contributed by atoms with E-state index < -0.39 is 11.4 Å². The van der Waals surface area contributed by atoms with Crippen LogP contribution in [0.5, 0.6) is 0 Å². The lowest BCUT2D eigenvalue weighted by Gasteiger charge is -2.27. The van der Waals surface area contributed by atoms with Crippen LogP contribution in [-0.4, -0.2) is 27.8 Å². The summed E-state index contributed by atoms with van der Waals surface area (Å²) in [5.74, 6) is 0.136. The molecule has 0 fully saturated rings. The first-order valence-corrected chi connectivity index (χ1v) is 7.21. The molecule has 0 bridgehead atoms. The number of hydrogen-bond donors (Lipinski definition) is 1. The first kappa shape index (κ1) is 17.6. The van der Waals surface area contributed by atoms with Crippen molar-refractivity contribution in [1.82, 2.24) is 10.1 Å². The van der Waals surface area contributed by atoms with E-state index in [1.54, 1.807) is 0 Å². The van der Waals surface area contributed by atoms with E-state index >= 15 is 0 Å². The molecule has 0 aromatic carbocycles. The average Bonchev–Trinajstić information content (AvgIpc) is 2.69. The predicted molar refractivity (Wildman–Crippen MR) is 77.9 cm³/mol. The zero-order valence-electron chi connectivity index (χ0n) is 13.8. The van der Waals surface area contributed by atoms with E-state index in [9.17, 15) is 4.79 Å². The minimum absolute atomic E-state index is 0.0544. The molecule has 1 atom stereocenters. The molecule has 120 valence electrons. The Morgan fingerprint density at radius 2 is 1.95 bits per heavy atom. The van der Waals surface area contributed by atoms with Crippen molar-refractivity contribution < 1.29 is 19.2 Å². The lowest BCUT2D eigenvalue weighted by Crippen LogP contribution is -2.23. The van der Waals surface area contributed by atoms with Gasteiger partial charge in [-0.2, -0.15) is 4.98 Å². The molecule has 1 aromatic heterocycles. The van der Waals surface area contributed by atoms with E-state index in [1.165, 1.54) is 0 Å². The van der Waals surface area contributed by atoms with Gasteiger partial charge in [0.2, 0.25) is 11.7 Å². The maximum absolute atomic E-state index is 10.8. The molecule has 0 radical (unpaired) electrons. The molecule has 1 N–H and O–H groups in total. The molecule has 21 heavy (non-hydrogen) atoms. The fourth-order valence-electron chi connectivity index (χ4n) is 2.21. The summed E-state index contributed by atoms with van der Waals surface area (Å²) >= 11 is 0. The van der Waals surface area contributed by atoms with Crippen molar-refractivity contribution in [3.05, 3.63) is 11.7 Å². The maximum Gasteiger partial charge on any atom is 0.303 e. The highest BCUT2D eigenvalue weighted by molar-refractivity contribution is 5.67. The number of aliphatic carboxylic acids is 1. The summed E-state index contributed by atoms with van der Waals surface area (Å²) in [6.45, 7) is 12.4. The highest BCUT2D eigenvalue weighted by Gasteiger charge is 2.32. The molecule has 0 amide bonds. The predicted octanol–water partition coefficient (Wildman–Crippen LogP) is 3.24. The van der Waals surface area contributed by atoms with Gasteiger partial charge in [-0.15, -0.1) is 0 Å². The Bertz CT molecular complexity index is 474. The first-order chi connectivity index (χ1) is 9.55. The van der Waals surface area contributed by atoms with Gasteiger partial charge >= 0.3 is 5.97 Å². The Hall–Kier alpha value is -1.43. The van der Waals surface area contributed by atoms with Gasteiger partial charge < -0.3 is 14.4 Å². The van der Waals surface area contributed by atoms with Crippen molar-refractivity contribution in [3.63, 3.8) is 0 Å². The Labute approximate surface area is 125 Å². The highest BCUT2D eigenvalue weighted by Crippen LogP contribution is 2.35. The highest BCUT2D eigenvalue weighted by atomic mass is 16.5. The summed E-state index contributed by atoms with van der Waals surface area (Å²) in [7, 11) is 0. The molecule has 0 aliphatic heterocycles. The molecule has 0 spiro atoms. The van der Waals surface area contributed by atoms with Gasteiger partial charge in [0, 0.05) is 13.0 Å². The van der Waals surface area contributed by atoms with Crippen LogP contribution in [0.4, 0.5) is 0 Å². The van der Waals surface area contributed by atoms with Crippen LogP contribution in [0.1, 0.15) is 65.8 Å². The van der Waals surface area contributed by atoms with E-state index in [-0.39, 0.29) is 17.9 Å². The quantitative estimate of drug-likeness (QED) is 0.831. The van der Waals surface area contributed by atoms with Gasteiger partial charge in [0.05, 0.1) is 6.42 Å². The third-order valence-corrected chi connectivity index (χ3v) is 3.10. The van der Waals surface area contributed by atoms with Crippen LogP contribution < -0.4 is 0 Å². The summed E-state index contributed by atoms with van der Waals surface area (Å²) < 4.78 is 11.0. The van der Waals surface area contributed by atoms with Crippen LogP contribution >= 0.6 is 0 Å². The van der Waals surface area contributed by atoms with E-state index in [0.29, 0.717) is 24.7 Å². The van der Waals surface area contributed by atoms with Crippen LogP contribution in [0.3, 0.4) is 0 Å². The Kier molecular flexibility index (Phi) is 5.50. The second-order valence-corrected chi connectivity index (χ2v) is 7.16. The van der Waals surface area contributed by atoms with E-state index in [0.717, 1.165) is 0 Å². The monoisotopic (exact) mass is 298 g/mol. The Morgan fingerprint density at radius 1 is 1.33 bits per heavy atom. The minimum atomic E-state index is -0.832. The molecule has 0 aliphatic carbocycles. The van der Waals surface area contributed by atoms with Crippen LogP contribution in [0, 0.1) is 10.8 Å². The molecular weight excluding hydrogens is 272 g/mol. The Balaban J connectivity index is 2.87. The molecule has 6 heteroatoms. The summed E-state index contributed by atoms with van der Waals surface area (Å²) in [5.41, 5.74) is -0.577. The first-order valence-electron chi connectivity index (χ1n) is 7.21. The largest absolute Gasteiger partial charge is 0.481 e. The van der Waals surface area contributed by atoms with E-state index in [1.807, 2.05) is 20.8 Å². The van der Waals surface area contributed by atoms with Crippen molar-refractivity contribution in [1.29, 1.82) is 0 Å². The van der Waals surface area contributed by atoms with Crippen molar-refractivity contribution in [2.24, 2.45) is 10.8 Å².